The molecule has 0 aromatic heterocycles. The fourth-order valence-corrected chi connectivity index (χ4v) is 1.48. The summed E-state index contributed by atoms with van der Waals surface area (Å²) in [6.45, 7) is 0.182. The van der Waals surface area contributed by atoms with Crippen molar-refractivity contribution in [2.45, 2.75) is 12.8 Å². The molecule has 110 valence electrons. The van der Waals surface area contributed by atoms with Gasteiger partial charge in [-0.1, -0.05) is 12.1 Å². The van der Waals surface area contributed by atoms with E-state index in [-0.39, 0.29) is 25.8 Å². The molecule has 0 radical (unpaired) electrons. The molecule has 0 amide bonds. The van der Waals surface area contributed by atoms with Crippen molar-refractivity contribution >= 4 is 11.9 Å². The minimum Gasteiger partial charge on any atom is -0.491 e. The van der Waals surface area contributed by atoms with Crippen LogP contribution in [0, 0.1) is 0 Å². The Morgan fingerprint density at radius 2 is 1.85 bits per heavy atom. The van der Waals surface area contributed by atoms with Gasteiger partial charge in [0.2, 0.25) is 0 Å². The number of carboxylic acids is 1. The molecule has 0 spiro atoms. The molecule has 0 aliphatic heterocycles. The smallest absolute Gasteiger partial charge is 0.329 e. The van der Waals surface area contributed by atoms with Gasteiger partial charge in [-0.05, 0) is 24.1 Å². The highest BCUT2D eigenvalue weighted by Gasteiger charge is 2.02. The summed E-state index contributed by atoms with van der Waals surface area (Å²) in [6, 6.07) is 7.33. The molecular weight excluding hydrogens is 264 g/mol. The number of aryl methyl sites for hydroxylation is 1. The molecule has 0 aliphatic carbocycles. The molecule has 0 bridgehead atoms. The van der Waals surface area contributed by atoms with E-state index in [1.165, 1.54) is 7.11 Å². The zero-order valence-corrected chi connectivity index (χ0v) is 11.3. The van der Waals surface area contributed by atoms with Crippen LogP contribution >= 0.6 is 0 Å². The Morgan fingerprint density at radius 3 is 2.45 bits per heavy atom. The molecule has 1 rings (SSSR count). The van der Waals surface area contributed by atoms with Gasteiger partial charge in [0.1, 0.15) is 19.0 Å². The summed E-state index contributed by atoms with van der Waals surface area (Å²) in [5.74, 6) is -0.563. The molecule has 0 atom stereocenters. The lowest BCUT2D eigenvalue weighted by molar-refractivity contribution is -0.142. The van der Waals surface area contributed by atoms with E-state index in [9.17, 15) is 9.59 Å². The molecule has 0 saturated heterocycles. The molecule has 1 aromatic rings. The van der Waals surface area contributed by atoms with Gasteiger partial charge in [0.05, 0.1) is 13.7 Å². The number of rotatable bonds is 9. The Kier molecular flexibility index (Phi) is 7.13. The standard InChI is InChI=1S/C14H18O6/c1-18-14(17)7-4-11-2-5-12(6-3-11)20-9-8-19-10-13(15)16/h2-3,5-6H,4,7-10H2,1H3,(H,15,16). The molecule has 0 fully saturated rings. The molecule has 1 N–H and O–H groups in total. The van der Waals surface area contributed by atoms with E-state index < -0.39 is 5.97 Å². The van der Waals surface area contributed by atoms with Crippen LogP contribution in [0.2, 0.25) is 0 Å². The van der Waals surface area contributed by atoms with Crippen molar-refractivity contribution in [3.8, 4) is 5.75 Å². The van der Waals surface area contributed by atoms with Crippen molar-refractivity contribution in [3.05, 3.63) is 29.8 Å². The van der Waals surface area contributed by atoms with Gasteiger partial charge < -0.3 is 19.3 Å². The number of hydrogen-bond acceptors (Lipinski definition) is 5. The number of benzene rings is 1. The van der Waals surface area contributed by atoms with Crippen LogP contribution in [0.4, 0.5) is 0 Å². The monoisotopic (exact) mass is 282 g/mol. The molecule has 20 heavy (non-hydrogen) atoms. The Morgan fingerprint density at radius 1 is 1.15 bits per heavy atom. The summed E-state index contributed by atoms with van der Waals surface area (Å²) in [5.41, 5.74) is 1.02. The quantitative estimate of drug-likeness (QED) is 0.542. The van der Waals surface area contributed by atoms with Crippen LogP contribution in [0.15, 0.2) is 24.3 Å². The zero-order chi connectivity index (χ0) is 14.8. The average Bonchev–Trinajstić information content (AvgIpc) is 2.45. The van der Waals surface area contributed by atoms with Crippen molar-refractivity contribution < 1.29 is 28.9 Å². The van der Waals surface area contributed by atoms with E-state index in [2.05, 4.69) is 4.74 Å². The first-order chi connectivity index (χ1) is 9.61. The fraction of sp³-hybridized carbons (Fsp3) is 0.429. The second-order valence-electron chi connectivity index (χ2n) is 4.01. The molecule has 0 aliphatic rings. The van der Waals surface area contributed by atoms with E-state index in [1.807, 2.05) is 12.1 Å². The number of carbonyl (C=O) groups is 2. The predicted molar refractivity (Wildman–Crippen MR) is 70.7 cm³/mol. The van der Waals surface area contributed by atoms with Crippen LogP contribution in [-0.4, -0.2) is 44.0 Å². The number of methoxy groups -OCH3 is 1. The molecule has 0 saturated carbocycles. The maximum Gasteiger partial charge on any atom is 0.329 e. The van der Waals surface area contributed by atoms with Gasteiger partial charge in [0.15, 0.2) is 0 Å². The van der Waals surface area contributed by atoms with Crippen LogP contribution < -0.4 is 4.74 Å². The Bertz CT molecular complexity index is 426. The van der Waals surface area contributed by atoms with Gasteiger partial charge in [-0.15, -0.1) is 0 Å². The second-order valence-corrected chi connectivity index (χ2v) is 4.01. The highest BCUT2D eigenvalue weighted by molar-refractivity contribution is 5.69. The molecular formula is C14H18O6. The number of carboxylic acid groups (broad SMARTS) is 1. The van der Waals surface area contributed by atoms with E-state index in [0.29, 0.717) is 18.6 Å². The Hall–Kier alpha value is -2.08. The summed E-state index contributed by atoms with van der Waals surface area (Å²) >= 11 is 0. The predicted octanol–water partition coefficient (Wildman–Crippen LogP) is 1.27. The number of aliphatic carboxylic acids is 1. The number of esters is 1. The molecule has 6 nitrogen and oxygen atoms in total. The third kappa shape index (κ3) is 6.75. The minimum atomic E-state index is -1.00. The third-order valence-corrected chi connectivity index (χ3v) is 2.49. The highest BCUT2D eigenvalue weighted by atomic mass is 16.5. The van der Waals surface area contributed by atoms with Crippen molar-refractivity contribution in [2.75, 3.05) is 26.9 Å². The summed E-state index contributed by atoms with van der Waals surface area (Å²) in [5, 5.41) is 8.37. The Labute approximate surface area is 117 Å². The van der Waals surface area contributed by atoms with Crippen molar-refractivity contribution in [1.82, 2.24) is 0 Å². The lowest BCUT2D eigenvalue weighted by atomic mass is 10.1. The van der Waals surface area contributed by atoms with Crippen molar-refractivity contribution in [1.29, 1.82) is 0 Å². The van der Waals surface area contributed by atoms with Crippen LogP contribution in [0.3, 0.4) is 0 Å². The third-order valence-electron chi connectivity index (χ3n) is 2.49. The minimum absolute atomic E-state index is 0.219. The normalized spacial score (nSPS) is 10.1. The van der Waals surface area contributed by atoms with Gasteiger partial charge in [-0.25, -0.2) is 4.79 Å². The summed E-state index contributed by atoms with van der Waals surface area (Å²) in [4.78, 5) is 21.2. The second kappa shape index (κ2) is 8.92. The number of carbonyl (C=O) groups excluding carboxylic acids is 1. The molecule has 0 heterocycles. The maximum absolute atomic E-state index is 11.0. The van der Waals surface area contributed by atoms with Gasteiger partial charge in [0, 0.05) is 6.42 Å². The van der Waals surface area contributed by atoms with Crippen molar-refractivity contribution in [2.24, 2.45) is 0 Å². The molecule has 6 heteroatoms. The average molecular weight is 282 g/mol. The van der Waals surface area contributed by atoms with Gasteiger partial charge >= 0.3 is 11.9 Å². The summed E-state index contributed by atoms with van der Waals surface area (Å²) < 4.78 is 14.8. The van der Waals surface area contributed by atoms with Crippen LogP contribution in [0.5, 0.6) is 5.75 Å². The first-order valence-corrected chi connectivity index (χ1v) is 6.20. The number of ether oxygens (including phenoxy) is 3. The van der Waals surface area contributed by atoms with Gasteiger partial charge in [0.25, 0.3) is 0 Å². The number of hydrogen-bond donors (Lipinski definition) is 1. The zero-order valence-electron chi connectivity index (χ0n) is 11.3. The van der Waals surface area contributed by atoms with Crippen LogP contribution in [0.1, 0.15) is 12.0 Å². The molecule has 1 aromatic carbocycles. The van der Waals surface area contributed by atoms with Gasteiger partial charge in [-0.3, -0.25) is 4.79 Å². The fourth-order valence-electron chi connectivity index (χ4n) is 1.48. The van der Waals surface area contributed by atoms with Crippen LogP contribution in [-0.2, 0) is 25.5 Å². The summed E-state index contributed by atoms with van der Waals surface area (Å²) in [7, 11) is 1.37. The van der Waals surface area contributed by atoms with E-state index in [0.717, 1.165) is 5.56 Å². The van der Waals surface area contributed by atoms with Gasteiger partial charge in [-0.2, -0.15) is 0 Å². The Balaban J connectivity index is 2.24. The SMILES string of the molecule is COC(=O)CCc1ccc(OCCOCC(=O)O)cc1. The first-order valence-electron chi connectivity index (χ1n) is 6.20. The topological polar surface area (TPSA) is 82.1 Å². The molecule has 0 unspecified atom stereocenters. The first kappa shape index (κ1) is 16.0. The maximum atomic E-state index is 11.0. The largest absolute Gasteiger partial charge is 0.491 e. The lowest BCUT2D eigenvalue weighted by Gasteiger charge is -2.07. The van der Waals surface area contributed by atoms with E-state index in [1.54, 1.807) is 12.1 Å². The highest BCUT2D eigenvalue weighted by Crippen LogP contribution is 2.13. The van der Waals surface area contributed by atoms with Crippen LogP contribution in [0.25, 0.3) is 0 Å². The van der Waals surface area contributed by atoms with E-state index in [4.69, 9.17) is 14.6 Å². The van der Waals surface area contributed by atoms with E-state index >= 15 is 0 Å². The summed E-state index contributed by atoms with van der Waals surface area (Å²) in [6.07, 6.45) is 0.967. The lowest BCUT2D eigenvalue weighted by Crippen LogP contribution is -2.12. The van der Waals surface area contributed by atoms with Crippen molar-refractivity contribution in [3.63, 3.8) is 0 Å².